The average Bonchev–Trinajstić information content (AvgIpc) is 2.39. The van der Waals surface area contributed by atoms with E-state index < -0.39 is 11.6 Å². The molecule has 0 aliphatic heterocycles. The van der Waals surface area contributed by atoms with Crippen LogP contribution in [0.3, 0.4) is 0 Å². The second kappa shape index (κ2) is 5.83. The van der Waals surface area contributed by atoms with Crippen LogP contribution >= 0.6 is 11.6 Å². The van der Waals surface area contributed by atoms with Gasteiger partial charge in [0.05, 0.1) is 6.61 Å². The fourth-order valence-corrected chi connectivity index (χ4v) is 1.76. The van der Waals surface area contributed by atoms with Crippen molar-refractivity contribution in [3.05, 3.63) is 64.7 Å². The summed E-state index contributed by atoms with van der Waals surface area (Å²) in [6, 6.07) is 11.6. The van der Waals surface area contributed by atoms with Gasteiger partial charge in [-0.1, -0.05) is 41.9 Å². The summed E-state index contributed by atoms with van der Waals surface area (Å²) < 4.78 is 31.7. The van der Waals surface area contributed by atoms with Crippen LogP contribution in [0.4, 0.5) is 8.78 Å². The van der Waals surface area contributed by atoms with Crippen LogP contribution in [0.1, 0.15) is 5.56 Å². The monoisotopic (exact) mass is 268 g/mol. The molecule has 0 unspecified atom stereocenters. The molecule has 0 saturated heterocycles. The molecule has 18 heavy (non-hydrogen) atoms. The minimum absolute atomic E-state index is 0.229. The molecule has 2 aromatic carbocycles. The van der Waals surface area contributed by atoms with Crippen LogP contribution in [0.15, 0.2) is 42.5 Å². The number of halogens is 3. The van der Waals surface area contributed by atoms with Gasteiger partial charge >= 0.3 is 0 Å². The van der Waals surface area contributed by atoms with E-state index in [2.05, 4.69) is 0 Å². The quantitative estimate of drug-likeness (QED) is 0.754. The van der Waals surface area contributed by atoms with Crippen molar-refractivity contribution >= 4 is 11.6 Å². The van der Waals surface area contributed by atoms with Gasteiger partial charge < -0.3 is 4.74 Å². The van der Waals surface area contributed by atoms with Crippen LogP contribution < -0.4 is 4.74 Å². The number of ether oxygens (including phenoxy) is 1. The maximum atomic E-state index is 13.4. The topological polar surface area (TPSA) is 9.23 Å². The zero-order chi connectivity index (χ0) is 13.0. The highest BCUT2D eigenvalue weighted by Crippen LogP contribution is 2.30. The number of hydrogen-bond donors (Lipinski definition) is 0. The van der Waals surface area contributed by atoms with Crippen molar-refractivity contribution in [2.45, 2.75) is 6.42 Å². The molecule has 0 amide bonds. The molecule has 0 atom stereocenters. The number of hydrogen-bond acceptors (Lipinski definition) is 1. The van der Waals surface area contributed by atoms with Crippen LogP contribution in [0.25, 0.3) is 0 Å². The van der Waals surface area contributed by atoms with E-state index in [1.165, 1.54) is 0 Å². The van der Waals surface area contributed by atoms with E-state index in [0.29, 0.717) is 6.42 Å². The normalized spacial score (nSPS) is 10.4. The van der Waals surface area contributed by atoms with Crippen molar-refractivity contribution in [2.24, 2.45) is 0 Å². The van der Waals surface area contributed by atoms with Gasteiger partial charge in [-0.3, -0.25) is 0 Å². The molecular formula is C14H11ClF2O. The molecule has 0 aliphatic rings. The zero-order valence-corrected chi connectivity index (χ0v) is 10.3. The Labute approximate surface area is 109 Å². The Morgan fingerprint density at radius 1 is 0.944 bits per heavy atom. The highest BCUT2D eigenvalue weighted by molar-refractivity contribution is 6.32. The molecule has 94 valence electrons. The average molecular weight is 269 g/mol. The van der Waals surface area contributed by atoms with Crippen LogP contribution in [-0.4, -0.2) is 6.61 Å². The summed E-state index contributed by atoms with van der Waals surface area (Å²) in [4.78, 5) is 0. The predicted molar refractivity (Wildman–Crippen MR) is 67.0 cm³/mol. The molecule has 0 radical (unpaired) electrons. The van der Waals surface area contributed by atoms with Crippen LogP contribution in [-0.2, 0) is 6.42 Å². The van der Waals surface area contributed by atoms with Gasteiger partial charge in [0.1, 0.15) is 10.8 Å². The van der Waals surface area contributed by atoms with Gasteiger partial charge in [0.15, 0.2) is 11.6 Å². The van der Waals surface area contributed by atoms with Gasteiger partial charge in [-0.25, -0.2) is 8.78 Å². The van der Waals surface area contributed by atoms with Crippen LogP contribution in [0.5, 0.6) is 5.75 Å². The van der Waals surface area contributed by atoms with E-state index in [1.54, 1.807) is 0 Å². The third-order valence-electron chi connectivity index (χ3n) is 2.48. The summed E-state index contributed by atoms with van der Waals surface area (Å²) in [6.07, 6.45) is 0.604. The lowest BCUT2D eigenvalue weighted by Gasteiger charge is -2.09. The van der Waals surface area contributed by atoms with Crippen molar-refractivity contribution in [2.75, 3.05) is 6.61 Å². The molecular weight excluding hydrogens is 258 g/mol. The summed E-state index contributed by atoms with van der Waals surface area (Å²) in [5.74, 6) is -1.57. The SMILES string of the molecule is Fc1ccc(F)c(OCCc2ccccc2)c1Cl. The van der Waals surface area contributed by atoms with E-state index in [0.717, 1.165) is 17.7 Å². The molecule has 4 heteroatoms. The Hall–Kier alpha value is -1.61. The fourth-order valence-electron chi connectivity index (χ4n) is 1.56. The summed E-state index contributed by atoms with van der Waals surface area (Å²) in [6.45, 7) is 0.240. The number of rotatable bonds is 4. The molecule has 2 rings (SSSR count). The van der Waals surface area contributed by atoms with E-state index >= 15 is 0 Å². The highest BCUT2D eigenvalue weighted by atomic mass is 35.5. The van der Waals surface area contributed by atoms with Crippen molar-refractivity contribution in [3.8, 4) is 5.75 Å². The largest absolute Gasteiger partial charge is 0.488 e. The lowest BCUT2D eigenvalue weighted by molar-refractivity contribution is 0.303. The molecule has 0 saturated carbocycles. The van der Waals surface area contributed by atoms with Gasteiger partial charge in [-0.2, -0.15) is 0 Å². The predicted octanol–water partition coefficient (Wildman–Crippen LogP) is 4.24. The first-order valence-electron chi connectivity index (χ1n) is 5.48. The first-order chi connectivity index (χ1) is 8.68. The first kappa shape index (κ1) is 12.8. The molecule has 1 nitrogen and oxygen atoms in total. The highest BCUT2D eigenvalue weighted by Gasteiger charge is 2.13. The molecule has 0 N–H and O–H groups in total. The summed E-state index contributed by atoms with van der Waals surface area (Å²) in [7, 11) is 0. The summed E-state index contributed by atoms with van der Waals surface area (Å²) >= 11 is 5.64. The molecule has 0 spiro atoms. The third kappa shape index (κ3) is 2.99. The summed E-state index contributed by atoms with van der Waals surface area (Å²) in [5, 5.41) is -0.317. The van der Waals surface area contributed by atoms with Crippen molar-refractivity contribution in [1.29, 1.82) is 0 Å². The molecule has 0 aromatic heterocycles. The van der Waals surface area contributed by atoms with Crippen LogP contribution in [0.2, 0.25) is 5.02 Å². The molecule has 0 bridgehead atoms. The fraction of sp³-hybridized carbons (Fsp3) is 0.143. The molecule has 0 heterocycles. The van der Waals surface area contributed by atoms with E-state index in [9.17, 15) is 8.78 Å². The summed E-state index contributed by atoms with van der Waals surface area (Å²) in [5.41, 5.74) is 1.06. The minimum Gasteiger partial charge on any atom is -0.488 e. The van der Waals surface area contributed by atoms with E-state index in [1.807, 2.05) is 30.3 Å². The van der Waals surface area contributed by atoms with Gasteiger partial charge in [0.2, 0.25) is 0 Å². The van der Waals surface area contributed by atoms with Crippen LogP contribution in [0, 0.1) is 11.6 Å². The molecule has 0 fully saturated rings. The van der Waals surface area contributed by atoms with Gasteiger partial charge in [-0.05, 0) is 17.7 Å². The first-order valence-corrected chi connectivity index (χ1v) is 5.86. The number of benzene rings is 2. The Morgan fingerprint density at radius 2 is 1.61 bits per heavy atom. The second-order valence-corrected chi connectivity index (χ2v) is 4.13. The van der Waals surface area contributed by atoms with Crippen molar-refractivity contribution in [1.82, 2.24) is 0 Å². The lowest BCUT2D eigenvalue weighted by atomic mass is 10.2. The van der Waals surface area contributed by atoms with E-state index in [4.69, 9.17) is 16.3 Å². The zero-order valence-electron chi connectivity index (χ0n) is 9.50. The maximum absolute atomic E-state index is 13.4. The molecule has 2 aromatic rings. The lowest BCUT2D eigenvalue weighted by Crippen LogP contribution is -2.03. The second-order valence-electron chi connectivity index (χ2n) is 3.76. The standard InChI is InChI=1S/C14H11ClF2O/c15-13-11(16)6-7-12(17)14(13)18-9-8-10-4-2-1-3-5-10/h1-7H,8-9H2. The Bertz CT molecular complexity index is 529. The van der Waals surface area contributed by atoms with E-state index in [-0.39, 0.29) is 17.4 Å². The third-order valence-corrected chi connectivity index (χ3v) is 2.83. The van der Waals surface area contributed by atoms with Crippen molar-refractivity contribution < 1.29 is 13.5 Å². The Kier molecular flexibility index (Phi) is 4.15. The van der Waals surface area contributed by atoms with Gasteiger partial charge in [0.25, 0.3) is 0 Å². The minimum atomic E-state index is -0.687. The van der Waals surface area contributed by atoms with Crippen molar-refractivity contribution in [3.63, 3.8) is 0 Å². The smallest absolute Gasteiger partial charge is 0.176 e. The Balaban J connectivity index is 2.01. The maximum Gasteiger partial charge on any atom is 0.176 e. The Morgan fingerprint density at radius 3 is 2.33 bits per heavy atom. The molecule has 0 aliphatic carbocycles. The van der Waals surface area contributed by atoms with Gasteiger partial charge in [0, 0.05) is 6.42 Å². The van der Waals surface area contributed by atoms with Gasteiger partial charge in [-0.15, -0.1) is 0 Å².